The fraction of sp³-hybridized carbons (Fsp3) is 0.235. The third-order valence-electron chi connectivity index (χ3n) is 3.52. The molecule has 1 unspecified atom stereocenters. The number of benzene rings is 2. The molecule has 0 aromatic heterocycles. The Hall–Kier alpha value is -2.34. The molecule has 2 aromatic carbocycles. The molecule has 23 heavy (non-hydrogen) atoms. The first-order valence-corrected chi connectivity index (χ1v) is 8.00. The molecule has 0 saturated carbocycles. The van der Waals surface area contributed by atoms with Crippen molar-refractivity contribution in [2.75, 3.05) is 21.3 Å². The van der Waals surface area contributed by atoms with E-state index >= 15 is 0 Å². The third kappa shape index (κ3) is 3.07. The molecule has 0 fully saturated rings. The van der Waals surface area contributed by atoms with Gasteiger partial charge in [-0.1, -0.05) is 42.1 Å². The van der Waals surface area contributed by atoms with Gasteiger partial charge in [0, 0.05) is 5.56 Å². The molecule has 6 heteroatoms. The molecule has 120 valence electrons. The largest absolute Gasteiger partial charge is 0.493 e. The van der Waals surface area contributed by atoms with Crippen molar-refractivity contribution in [1.29, 1.82) is 0 Å². The Morgan fingerprint density at radius 3 is 2.17 bits per heavy atom. The van der Waals surface area contributed by atoms with Crippen molar-refractivity contribution in [2.24, 2.45) is 5.10 Å². The number of ether oxygens (including phenoxy) is 3. The van der Waals surface area contributed by atoms with Gasteiger partial charge >= 0.3 is 0 Å². The lowest BCUT2D eigenvalue weighted by atomic mass is 10.2. The maximum atomic E-state index is 5.41. The van der Waals surface area contributed by atoms with Gasteiger partial charge in [0.2, 0.25) is 5.75 Å². The van der Waals surface area contributed by atoms with Gasteiger partial charge < -0.3 is 14.2 Å². The Morgan fingerprint density at radius 2 is 1.61 bits per heavy atom. The molecule has 2 aromatic rings. The van der Waals surface area contributed by atoms with Crippen molar-refractivity contribution in [3.05, 3.63) is 53.6 Å². The Labute approximate surface area is 139 Å². The maximum absolute atomic E-state index is 5.41. The predicted octanol–water partition coefficient (Wildman–Crippen LogP) is 3.41. The molecule has 1 heterocycles. The number of hydrogen-bond donors (Lipinski definition) is 1. The Bertz CT molecular complexity index is 694. The highest BCUT2D eigenvalue weighted by Crippen LogP contribution is 2.43. The zero-order chi connectivity index (χ0) is 16.2. The third-order valence-corrected chi connectivity index (χ3v) is 4.69. The van der Waals surface area contributed by atoms with E-state index in [2.05, 4.69) is 10.5 Å². The number of nitrogens with one attached hydrogen (secondary N) is 1. The van der Waals surface area contributed by atoms with E-state index in [0.29, 0.717) is 17.2 Å². The molecule has 0 saturated heterocycles. The lowest BCUT2D eigenvalue weighted by Gasteiger charge is -2.16. The summed E-state index contributed by atoms with van der Waals surface area (Å²) in [5.41, 5.74) is 5.27. The first-order chi connectivity index (χ1) is 11.3. The quantitative estimate of drug-likeness (QED) is 0.910. The van der Waals surface area contributed by atoms with E-state index < -0.39 is 0 Å². The van der Waals surface area contributed by atoms with Crippen molar-refractivity contribution >= 4 is 16.8 Å². The monoisotopic (exact) mass is 330 g/mol. The number of rotatable bonds is 5. The normalized spacial score (nSPS) is 16.5. The molecule has 1 aliphatic heterocycles. The van der Waals surface area contributed by atoms with Gasteiger partial charge in [0.05, 0.1) is 21.3 Å². The first kappa shape index (κ1) is 15.6. The Kier molecular flexibility index (Phi) is 4.62. The minimum absolute atomic E-state index is 0.00101. The number of hydrazone groups is 1. The van der Waals surface area contributed by atoms with Gasteiger partial charge in [0.25, 0.3) is 0 Å². The topological polar surface area (TPSA) is 52.1 Å². The summed E-state index contributed by atoms with van der Waals surface area (Å²) in [7, 11) is 4.82. The molecule has 1 N–H and O–H groups in total. The van der Waals surface area contributed by atoms with E-state index in [4.69, 9.17) is 14.2 Å². The minimum Gasteiger partial charge on any atom is -0.493 e. The molecule has 0 spiro atoms. The maximum Gasteiger partial charge on any atom is 0.203 e. The van der Waals surface area contributed by atoms with Crippen LogP contribution in [0.4, 0.5) is 0 Å². The number of nitrogens with zero attached hydrogens (tertiary/aromatic N) is 1. The van der Waals surface area contributed by atoms with Gasteiger partial charge in [-0.25, -0.2) is 0 Å². The zero-order valence-corrected chi connectivity index (χ0v) is 14.0. The average Bonchev–Trinajstić information content (AvgIpc) is 3.11. The zero-order valence-electron chi connectivity index (χ0n) is 13.2. The lowest BCUT2D eigenvalue weighted by Crippen LogP contribution is -2.07. The second kappa shape index (κ2) is 6.83. The van der Waals surface area contributed by atoms with E-state index in [1.165, 1.54) is 0 Å². The SMILES string of the molecule is COc1cc(C2NN=C(c3ccccc3)S2)cc(OC)c1OC. The van der Waals surface area contributed by atoms with Gasteiger partial charge in [-0.3, -0.25) is 5.43 Å². The standard InChI is InChI=1S/C17H18N2O3S/c1-20-13-9-12(10-14(21-2)15(13)22-3)17-19-18-16(23-17)11-7-5-4-6-8-11/h4-10,17,19H,1-3H3. The Balaban J connectivity index is 1.87. The molecule has 0 amide bonds. The molecule has 0 radical (unpaired) electrons. The van der Waals surface area contributed by atoms with Crippen LogP contribution in [0.2, 0.25) is 0 Å². The summed E-state index contributed by atoms with van der Waals surface area (Å²) in [6.07, 6.45) is 0. The van der Waals surface area contributed by atoms with Crippen molar-refractivity contribution in [3.8, 4) is 17.2 Å². The van der Waals surface area contributed by atoms with Crippen LogP contribution in [0.5, 0.6) is 17.2 Å². The summed E-state index contributed by atoms with van der Waals surface area (Å²) in [4.78, 5) is 0. The molecular weight excluding hydrogens is 312 g/mol. The number of methoxy groups -OCH3 is 3. The van der Waals surface area contributed by atoms with Crippen LogP contribution in [0.25, 0.3) is 0 Å². The minimum atomic E-state index is -0.00101. The van der Waals surface area contributed by atoms with E-state index in [0.717, 1.165) is 16.2 Å². The van der Waals surface area contributed by atoms with Gasteiger partial charge in [-0.2, -0.15) is 5.10 Å². The van der Waals surface area contributed by atoms with Crippen LogP contribution in [0.3, 0.4) is 0 Å². The van der Waals surface area contributed by atoms with Crippen molar-refractivity contribution in [2.45, 2.75) is 5.37 Å². The highest BCUT2D eigenvalue weighted by molar-refractivity contribution is 8.14. The molecule has 1 aliphatic rings. The molecule has 1 atom stereocenters. The predicted molar refractivity (Wildman–Crippen MR) is 92.5 cm³/mol. The number of thioether (sulfide) groups is 1. The summed E-state index contributed by atoms with van der Waals surface area (Å²) in [6.45, 7) is 0. The van der Waals surface area contributed by atoms with Gasteiger partial charge in [-0.15, -0.1) is 0 Å². The highest BCUT2D eigenvalue weighted by Gasteiger charge is 2.25. The highest BCUT2D eigenvalue weighted by atomic mass is 32.2. The molecule has 0 bridgehead atoms. The van der Waals surface area contributed by atoms with E-state index in [-0.39, 0.29) is 5.37 Å². The van der Waals surface area contributed by atoms with Crippen LogP contribution in [0.1, 0.15) is 16.5 Å². The van der Waals surface area contributed by atoms with Crippen LogP contribution in [0, 0.1) is 0 Å². The fourth-order valence-electron chi connectivity index (χ4n) is 2.39. The second-order valence-corrected chi connectivity index (χ2v) is 5.96. The number of hydrogen-bond acceptors (Lipinski definition) is 6. The van der Waals surface area contributed by atoms with Crippen LogP contribution in [-0.2, 0) is 0 Å². The van der Waals surface area contributed by atoms with Gasteiger partial charge in [0.1, 0.15) is 10.4 Å². The average molecular weight is 330 g/mol. The van der Waals surface area contributed by atoms with E-state index in [9.17, 15) is 0 Å². The van der Waals surface area contributed by atoms with Gasteiger partial charge in [-0.05, 0) is 17.7 Å². The summed E-state index contributed by atoms with van der Waals surface area (Å²) in [5.74, 6) is 1.86. The Morgan fingerprint density at radius 1 is 0.957 bits per heavy atom. The van der Waals surface area contributed by atoms with Crippen LogP contribution >= 0.6 is 11.8 Å². The summed E-state index contributed by atoms with van der Waals surface area (Å²) in [5, 5.41) is 5.40. The van der Waals surface area contributed by atoms with Crippen molar-refractivity contribution in [3.63, 3.8) is 0 Å². The van der Waals surface area contributed by atoms with Crippen LogP contribution in [0.15, 0.2) is 47.6 Å². The van der Waals surface area contributed by atoms with E-state index in [1.807, 2.05) is 42.5 Å². The summed E-state index contributed by atoms with van der Waals surface area (Å²) in [6, 6.07) is 14.0. The smallest absolute Gasteiger partial charge is 0.203 e. The molecule has 0 aliphatic carbocycles. The second-order valence-electron chi connectivity index (χ2n) is 4.87. The molecular formula is C17H18N2O3S. The van der Waals surface area contributed by atoms with Crippen LogP contribution < -0.4 is 19.6 Å². The first-order valence-electron chi connectivity index (χ1n) is 7.12. The van der Waals surface area contributed by atoms with E-state index in [1.54, 1.807) is 33.1 Å². The summed E-state index contributed by atoms with van der Waals surface area (Å²) < 4.78 is 16.2. The van der Waals surface area contributed by atoms with Gasteiger partial charge in [0.15, 0.2) is 11.5 Å². The molecule has 5 nitrogen and oxygen atoms in total. The van der Waals surface area contributed by atoms with Crippen molar-refractivity contribution < 1.29 is 14.2 Å². The molecule has 3 rings (SSSR count). The van der Waals surface area contributed by atoms with Crippen LogP contribution in [-0.4, -0.2) is 26.4 Å². The fourth-order valence-corrected chi connectivity index (χ4v) is 3.37. The lowest BCUT2D eigenvalue weighted by molar-refractivity contribution is 0.323. The summed E-state index contributed by atoms with van der Waals surface area (Å²) >= 11 is 1.66. The van der Waals surface area contributed by atoms with Crippen molar-refractivity contribution in [1.82, 2.24) is 5.43 Å².